The van der Waals surface area contributed by atoms with Crippen molar-refractivity contribution >= 4 is 11.7 Å². The number of amides is 1. The van der Waals surface area contributed by atoms with Gasteiger partial charge in [0.25, 0.3) is 5.91 Å². The first-order valence-corrected chi connectivity index (χ1v) is 11.4. The molecule has 1 aromatic heterocycles. The number of hydrogen-bond donors (Lipinski definition) is 1. The maximum absolute atomic E-state index is 12.8. The first-order valence-electron chi connectivity index (χ1n) is 11.4. The van der Waals surface area contributed by atoms with E-state index >= 15 is 0 Å². The van der Waals surface area contributed by atoms with Gasteiger partial charge < -0.3 is 5.32 Å². The van der Waals surface area contributed by atoms with Crippen LogP contribution in [0.4, 0.5) is 0 Å². The first-order chi connectivity index (χ1) is 14.5. The molecule has 1 atom stereocenters. The number of hydrogen-bond acceptors (Lipinski definition) is 2. The van der Waals surface area contributed by atoms with Gasteiger partial charge in [0.1, 0.15) is 0 Å². The molecule has 4 aliphatic carbocycles. The van der Waals surface area contributed by atoms with Crippen LogP contribution in [0.2, 0.25) is 0 Å². The number of rotatable bonds is 6. The average Bonchev–Trinajstić information content (AvgIpc) is 2.73. The number of carbonyl (C=O) groups excluding carboxylic acids is 2. The summed E-state index contributed by atoms with van der Waals surface area (Å²) in [4.78, 5) is 25.3. The molecule has 156 valence electrons. The Labute approximate surface area is 178 Å². The molecule has 4 saturated carbocycles. The third-order valence-corrected chi connectivity index (χ3v) is 7.90. The highest BCUT2D eigenvalue weighted by Crippen LogP contribution is 2.61. The first kappa shape index (κ1) is 19.5. The fourth-order valence-electron chi connectivity index (χ4n) is 6.78. The van der Waals surface area contributed by atoms with Gasteiger partial charge in [-0.3, -0.25) is 9.59 Å². The van der Waals surface area contributed by atoms with E-state index in [1.165, 1.54) is 38.5 Å². The van der Waals surface area contributed by atoms with Crippen LogP contribution in [-0.4, -0.2) is 17.7 Å². The van der Waals surface area contributed by atoms with Crippen LogP contribution in [0.5, 0.6) is 0 Å². The lowest BCUT2D eigenvalue weighted by Gasteiger charge is -2.59. The Morgan fingerprint density at radius 2 is 1.47 bits per heavy atom. The molecule has 4 heteroatoms. The lowest BCUT2D eigenvalue weighted by Crippen LogP contribution is -2.57. The van der Waals surface area contributed by atoms with Crippen LogP contribution in [0.25, 0.3) is 0 Å². The molecule has 1 amide bonds. The molecule has 30 heavy (non-hydrogen) atoms. The smallest absolute Gasteiger partial charge is 0.286 e. The molecule has 0 aliphatic heterocycles. The molecule has 1 aromatic carbocycles. The maximum Gasteiger partial charge on any atom is 0.286 e. The molecule has 4 fully saturated rings. The Kier molecular flexibility index (Phi) is 4.96. The lowest BCUT2D eigenvalue weighted by molar-refractivity contribution is -0.684. The second-order valence-electron chi connectivity index (χ2n) is 10.0. The van der Waals surface area contributed by atoms with Crippen LogP contribution in [0.1, 0.15) is 61.4 Å². The second-order valence-corrected chi connectivity index (χ2v) is 10.0. The van der Waals surface area contributed by atoms with Crippen molar-refractivity contribution in [1.29, 1.82) is 0 Å². The number of ketones is 1. The molecule has 4 aliphatic rings. The molecule has 1 heterocycles. The normalized spacial score (nSPS) is 30.1. The Balaban J connectivity index is 1.20. The van der Waals surface area contributed by atoms with Gasteiger partial charge in [-0.05, 0) is 68.6 Å². The Morgan fingerprint density at radius 1 is 0.933 bits per heavy atom. The predicted octanol–water partition coefficient (Wildman–Crippen LogP) is 3.93. The Hall–Kier alpha value is -2.49. The van der Waals surface area contributed by atoms with E-state index in [4.69, 9.17) is 0 Å². The third kappa shape index (κ3) is 3.68. The van der Waals surface area contributed by atoms with Crippen LogP contribution in [0.3, 0.4) is 0 Å². The molecule has 4 bridgehead atoms. The van der Waals surface area contributed by atoms with Crippen LogP contribution in [-0.2, 0) is 11.3 Å². The van der Waals surface area contributed by atoms with E-state index in [1.807, 2.05) is 47.3 Å². The second kappa shape index (κ2) is 7.64. The van der Waals surface area contributed by atoms with Crippen molar-refractivity contribution in [3.63, 3.8) is 0 Å². The van der Waals surface area contributed by atoms with Crippen LogP contribution in [0.15, 0.2) is 54.9 Å². The number of nitrogens with zero attached hydrogens (tertiary/aromatic N) is 1. The summed E-state index contributed by atoms with van der Waals surface area (Å²) in [6.07, 6.45) is 11.8. The molecule has 0 saturated heterocycles. The van der Waals surface area contributed by atoms with E-state index in [0.717, 1.165) is 17.8 Å². The summed E-state index contributed by atoms with van der Waals surface area (Å²) in [6, 6.07) is 13.1. The van der Waals surface area contributed by atoms with Gasteiger partial charge in [0.05, 0.1) is 0 Å². The van der Waals surface area contributed by atoms with Crippen LogP contribution < -0.4 is 9.88 Å². The van der Waals surface area contributed by atoms with Crippen molar-refractivity contribution in [1.82, 2.24) is 5.32 Å². The van der Waals surface area contributed by atoms with E-state index in [9.17, 15) is 9.59 Å². The van der Waals surface area contributed by atoms with Gasteiger partial charge in [-0.25, -0.2) is 0 Å². The number of pyridine rings is 1. The molecule has 2 aromatic rings. The largest absolute Gasteiger partial charge is 0.348 e. The number of benzene rings is 1. The predicted molar refractivity (Wildman–Crippen MR) is 115 cm³/mol. The average molecular weight is 404 g/mol. The highest BCUT2D eigenvalue weighted by atomic mass is 16.2. The zero-order valence-corrected chi connectivity index (χ0v) is 17.7. The minimum absolute atomic E-state index is 0.00244. The molecule has 4 nitrogen and oxygen atoms in total. The summed E-state index contributed by atoms with van der Waals surface area (Å²) in [7, 11) is 0. The summed E-state index contributed by atoms with van der Waals surface area (Å²) in [5, 5.41) is 3.32. The minimum atomic E-state index is 0.00244. The van der Waals surface area contributed by atoms with E-state index in [2.05, 4.69) is 12.2 Å². The van der Waals surface area contributed by atoms with Gasteiger partial charge in [-0.15, -0.1) is 0 Å². The summed E-state index contributed by atoms with van der Waals surface area (Å²) in [6.45, 7) is 2.51. The van der Waals surface area contributed by atoms with Gasteiger partial charge in [0.2, 0.25) is 6.54 Å². The maximum atomic E-state index is 12.8. The molecular formula is C26H31N2O2+. The summed E-state index contributed by atoms with van der Waals surface area (Å²) >= 11 is 0. The molecule has 6 rings (SSSR count). The fraction of sp³-hybridized carbons (Fsp3) is 0.500. The van der Waals surface area contributed by atoms with Crippen molar-refractivity contribution in [3.05, 3.63) is 66.0 Å². The van der Waals surface area contributed by atoms with E-state index < -0.39 is 0 Å². The monoisotopic (exact) mass is 403 g/mol. The van der Waals surface area contributed by atoms with Gasteiger partial charge >= 0.3 is 0 Å². The summed E-state index contributed by atoms with van der Waals surface area (Å²) in [5.74, 6) is 2.73. The molecule has 0 spiro atoms. The molecular weight excluding hydrogens is 372 g/mol. The summed E-state index contributed by atoms with van der Waals surface area (Å²) < 4.78 is 1.85. The Morgan fingerprint density at radius 3 is 2.03 bits per heavy atom. The highest BCUT2D eigenvalue weighted by molar-refractivity contribution is 6.08. The number of aromatic nitrogens is 1. The molecule has 0 unspecified atom stereocenters. The molecule has 1 N–H and O–H groups in total. The van der Waals surface area contributed by atoms with Crippen molar-refractivity contribution in [2.75, 3.05) is 0 Å². The quantitative estimate of drug-likeness (QED) is 0.587. The van der Waals surface area contributed by atoms with Crippen molar-refractivity contribution in [3.8, 4) is 0 Å². The topological polar surface area (TPSA) is 50.1 Å². The van der Waals surface area contributed by atoms with Crippen molar-refractivity contribution in [2.45, 2.75) is 58.0 Å². The van der Waals surface area contributed by atoms with Gasteiger partial charge in [0.15, 0.2) is 18.2 Å². The number of nitrogens with one attached hydrogen (secondary N) is 1. The Bertz CT molecular complexity index is 900. The van der Waals surface area contributed by atoms with Crippen molar-refractivity contribution in [2.24, 2.45) is 23.2 Å². The van der Waals surface area contributed by atoms with Gasteiger partial charge in [-0.2, -0.15) is 4.57 Å². The van der Waals surface area contributed by atoms with E-state index in [0.29, 0.717) is 16.5 Å². The van der Waals surface area contributed by atoms with Crippen molar-refractivity contribution < 1.29 is 14.2 Å². The highest BCUT2D eigenvalue weighted by Gasteiger charge is 2.53. The minimum Gasteiger partial charge on any atom is -0.348 e. The SMILES string of the molecule is C[C@H](NC(=O)C[n+]1ccc(C(=O)c2ccccc2)cc1)C12CC3CC(CC(C3)C1)C2. The number of carbonyl (C=O) groups is 2. The summed E-state index contributed by atoms with van der Waals surface area (Å²) in [5.41, 5.74) is 1.64. The van der Waals surface area contributed by atoms with E-state index in [-0.39, 0.29) is 24.3 Å². The van der Waals surface area contributed by atoms with Gasteiger partial charge in [0, 0.05) is 29.3 Å². The zero-order valence-electron chi connectivity index (χ0n) is 17.7. The van der Waals surface area contributed by atoms with Gasteiger partial charge in [-0.1, -0.05) is 30.3 Å². The molecule has 0 radical (unpaired) electrons. The van der Waals surface area contributed by atoms with Crippen LogP contribution in [0, 0.1) is 23.2 Å². The lowest BCUT2D eigenvalue weighted by atomic mass is 9.48. The third-order valence-electron chi connectivity index (χ3n) is 7.90. The zero-order chi connectivity index (χ0) is 20.7. The van der Waals surface area contributed by atoms with E-state index in [1.54, 1.807) is 12.1 Å². The standard InChI is InChI=1S/C26H30N2O2/c1-18(26-14-19-11-20(15-26)13-21(12-19)16-26)27-24(29)17-28-9-7-23(8-10-28)25(30)22-5-3-2-4-6-22/h2-10,18-21H,11-17H2,1H3/p+1/t18-,19?,20?,21?,26?/m0/s1. The fourth-order valence-corrected chi connectivity index (χ4v) is 6.78. The van der Waals surface area contributed by atoms with Crippen LogP contribution >= 0.6 is 0 Å².